The van der Waals surface area contributed by atoms with Crippen LogP contribution in [0.1, 0.15) is 17.8 Å². The smallest absolute Gasteiger partial charge is 0.224 e. The van der Waals surface area contributed by atoms with Crippen LogP contribution in [0.5, 0.6) is 5.75 Å². The van der Waals surface area contributed by atoms with Crippen molar-refractivity contribution in [1.82, 2.24) is 15.2 Å². The lowest BCUT2D eigenvalue weighted by Crippen LogP contribution is -2.43. The summed E-state index contributed by atoms with van der Waals surface area (Å²) in [7, 11) is 1.67. The van der Waals surface area contributed by atoms with Crippen molar-refractivity contribution in [3.63, 3.8) is 0 Å². The fourth-order valence-corrected chi connectivity index (χ4v) is 4.13. The van der Waals surface area contributed by atoms with Gasteiger partial charge in [-0.3, -0.25) is 9.69 Å². The number of amides is 1. The largest absolute Gasteiger partial charge is 0.497 e. The number of likely N-dealkylation sites (tertiary alicyclic amines) is 1. The van der Waals surface area contributed by atoms with Gasteiger partial charge in [-0.25, -0.2) is 4.98 Å². The van der Waals surface area contributed by atoms with Gasteiger partial charge in [0.25, 0.3) is 0 Å². The van der Waals surface area contributed by atoms with E-state index in [2.05, 4.69) is 10.2 Å². The van der Waals surface area contributed by atoms with Crippen molar-refractivity contribution in [2.24, 2.45) is 11.7 Å². The molecule has 1 atom stereocenters. The fraction of sp³-hybridized carbons (Fsp3) is 0.529. The Morgan fingerprint density at radius 2 is 2.42 bits per heavy atom. The van der Waals surface area contributed by atoms with E-state index in [9.17, 15) is 4.79 Å². The molecule has 0 saturated carbocycles. The standard InChI is InChI=1S/C17H24N4O2S/c1-23-13-4-5-14-15(9-13)24-16(20-14)11-21-8-2-3-12(10-21)17(22)19-7-6-18/h4-5,9,12H,2-3,6-8,10-11,18H2,1H3,(H,19,22). The van der Waals surface area contributed by atoms with Gasteiger partial charge < -0.3 is 15.8 Å². The van der Waals surface area contributed by atoms with Crippen LogP contribution < -0.4 is 15.8 Å². The van der Waals surface area contributed by atoms with Gasteiger partial charge in [-0.05, 0) is 37.6 Å². The number of nitrogens with one attached hydrogen (secondary N) is 1. The summed E-state index contributed by atoms with van der Waals surface area (Å²) in [5, 5.41) is 3.99. The molecule has 1 saturated heterocycles. The van der Waals surface area contributed by atoms with Crippen LogP contribution in [0.15, 0.2) is 18.2 Å². The minimum absolute atomic E-state index is 0.0553. The van der Waals surface area contributed by atoms with E-state index < -0.39 is 0 Å². The van der Waals surface area contributed by atoms with E-state index in [1.54, 1.807) is 18.4 Å². The van der Waals surface area contributed by atoms with Gasteiger partial charge in [0.1, 0.15) is 10.8 Å². The van der Waals surface area contributed by atoms with Crippen LogP contribution in [0.25, 0.3) is 10.2 Å². The van der Waals surface area contributed by atoms with Crippen LogP contribution in [0, 0.1) is 5.92 Å². The topological polar surface area (TPSA) is 80.5 Å². The Morgan fingerprint density at radius 1 is 1.54 bits per heavy atom. The van der Waals surface area contributed by atoms with E-state index in [4.69, 9.17) is 15.5 Å². The summed E-state index contributed by atoms with van der Waals surface area (Å²) >= 11 is 1.69. The van der Waals surface area contributed by atoms with Crippen molar-refractivity contribution in [2.45, 2.75) is 19.4 Å². The van der Waals surface area contributed by atoms with Gasteiger partial charge in [0.2, 0.25) is 5.91 Å². The molecule has 0 radical (unpaired) electrons. The maximum absolute atomic E-state index is 12.1. The summed E-state index contributed by atoms with van der Waals surface area (Å²) in [6.45, 7) is 3.63. The zero-order chi connectivity index (χ0) is 16.9. The van der Waals surface area contributed by atoms with Gasteiger partial charge >= 0.3 is 0 Å². The highest BCUT2D eigenvalue weighted by atomic mass is 32.1. The van der Waals surface area contributed by atoms with Crippen LogP contribution in [0.3, 0.4) is 0 Å². The Balaban J connectivity index is 1.63. The van der Waals surface area contributed by atoms with E-state index in [0.29, 0.717) is 13.1 Å². The number of nitrogens with zero attached hydrogens (tertiary/aromatic N) is 2. The van der Waals surface area contributed by atoms with Gasteiger partial charge in [0.05, 0.1) is 29.8 Å². The molecule has 1 aromatic carbocycles. The molecule has 3 N–H and O–H groups in total. The Bertz CT molecular complexity index is 703. The molecule has 1 unspecified atom stereocenters. The molecule has 24 heavy (non-hydrogen) atoms. The second-order valence-electron chi connectivity index (χ2n) is 6.10. The molecule has 2 heterocycles. The van der Waals surface area contributed by atoms with Crippen LogP contribution in [0.4, 0.5) is 0 Å². The van der Waals surface area contributed by atoms with Crippen molar-refractivity contribution in [1.29, 1.82) is 0 Å². The number of ether oxygens (including phenoxy) is 1. The number of nitrogens with two attached hydrogens (primary N) is 1. The molecule has 1 amide bonds. The molecule has 2 aromatic rings. The average Bonchev–Trinajstić information content (AvgIpc) is 3.00. The second-order valence-corrected chi connectivity index (χ2v) is 7.21. The summed E-state index contributed by atoms with van der Waals surface area (Å²) < 4.78 is 6.41. The van der Waals surface area contributed by atoms with Gasteiger partial charge in [-0.15, -0.1) is 11.3 Å². The lowest BCUT2D eigenvalue weighted by molar-refractivity contribution is -0.126. The first-order valence-electron chi connectivity index (χ1n) is 8.33. The van der Waals surface area contributed by atoms with Gasteiger partial charge in [-0.1, -0.05) is 0 Å². The van der Waals surface area contributed by atoms with Crippen LogP contribution in [-0.2, 0) is 11.3 Å². The lowest BCUT2D eigenvalue weighted by atomic mass is 9.97. The number of aromatic nitrogens is 1. The third kappa shape index (κ3) is 4.03. The zero-order valence-electron chi connectivity index (χ0n) is 14.0. The quantitative estimate of drug-likeness (QED) is 0.829. The van der Waals surface area contributed by atoms with E-state index >= 15 is 0 Å². The summed E-state index contributed by atoms with van der Waals surface area (Å²) in [5.41, 5.74) is 6.46. The predicted octanol–water partition coefficient (Wildman–Crippen LogP) is 1.59. The Hall–Kier alpha value is -1.70. The van der Waals surface area contributed by atoms with Crippen LogP contribution in [0.2, 0.25) is 0 Å². The SMILES string of the molecule is COc1ccc2nc(CN3CCCC(C(=O)NCCN)C3)sc2c1. The number of rotatable bonds is 6. The Kier molecular flexibility index (Phi) is 5.65. The number of piperidine rings is 1. The number of carbonyl (C=O) groups excluding carboxylic acids is 1. The van der Waals surface area contributed by atoms with Crippen molar-refractivity contribution in [3.8, 4) is 5.75 Å². The summed E-state index contributed by atoms with van der Waals surface area (Å²) in [5.74, 6) is 1.03. The lowest BCUT2D eigenvalue weighted by Gasteiger charge is -2.31. The minimum Gasteiger partial charge on any atom is -0.497 e. The van der Waals surface area contributed by atoms with Crippen molar-refractivity contribution in [3.05, 3.63) is 23.2 Å². The number of thiazole rings is 1. The molecule has 6 nitrogen and oxygen atoms in total. The van der Waals surface area contributed by atoms with E-state index in [0.717, 1.165) is 53.4 Å². The van der Waals surface area contributed by atoms with Gasteiger partial charge in [0, 0.05) is 19.6 Å². The second kappa shape index (κ2) is 7.92. The normalized spacial score (nSPS) is 18.7. The maximum Gasteiger partial charge on any atom is 0.224 e. The highest BCUT2D eigenvalue weighted by molar-refractivity contribution is 7.18. The van der Waals surface area contributed by atoms with Crippen molar-refractivity contribution >= 4 is 27.5 Å². The Labute approximate surface area is 146 Å². The van der Waals surface area contributed by atoms with Gasteiger partial charge in [-0.2, -0.15) is 0 Å². The van der Waals surface area contributed by atoms with Crippen LogP contribution in [-0.4, -0.2) is 49.1 Å². The van der Waals surface area contributed by atoms with E-state index in [-0.39, 0.29) is 11.8 Å². The van der Waals surface area contributed by atoms with Gasteiger partial charge in [0.15, 0.2) is 0 Å². The number of benzene rings is 1. The molecule has 130 valence electrons. The van der Waals surface area contributed by atoms with E-state index in [1.807, 2.05) is 18.2 Å². The summed E-state index contributed by atoms with van der Waals surface area (Å²) in [6.07, 6.45) is 1.99. The van der Waals surface area contributed by atoms with Crippen LogP contribution >= 0.6 is 11.3 Å². The number of hydrogen-bond acceptors (Lipinski definition) is 6. The monoisotopic (exact) mass is 348 g/mol. The molecule has 1 aliphatic rings. The molecular weight excluding hydrogens is 324 g/mol. The molecule has 1 aromatic heterocycles. The Morgan fingerprint density at radius 3 is 3.21 bits per heavy atom. The van der Waals surface area contributed by atoms with E-state index in [1.165, 1.54) is 0 Å². The number of methoxy groups -OCH3 is 1. The third-order valence-electron chi connectivity index (χ3n) is 4.32. The summed E-state index contributed by atoms with van der Waals surface area (Å²) in [6, 6.07) is 5.95. The minimum atomic E-state index is 0.0553. The highest BCUT2D eigenvalue weighted by Crippen LogP contribution is 2.28. The molecule has 0 spiro atoms. The first-order chi connectivity index (χ1) is 11.7. The maximum atomic E-state index is 12.1. The molecule has 3 rings (SSSR count). The molecular formula is C17H24N4O2S. The third-order valence-corrected chi connectivity index (χ3v) is 5.32. The first-order valence-corrected chi connectivity index (χ1v) is 9.15. The molecule has 7 heteroatoms. The highest BCUT2D eigenvalue weighted by Gasteiger charge is 2.26. The van der Waals surface area contributed by atoms with Crippen molar-refractivity contribution in [2.75, 3.05) is 33.3 Å². The number of hydrogen-bond donors (Lipinski definition) is 2. The van der Waals surface area contributed by atoms with Crippen molar-refractivity contribution < 1.29 is 9.53 Å². The average molecular weight is 348 g/mol. The number of carbonyl (C=O) groups is 1. The molecule has 1 aliphatic heterocycles. The fourth-order valence-electron chi connectivity index (χ4n) is 3.09. The predicted molar refractivity (Wildman–Crippen MR) is 96.2 cm³/mol. The summed E-state index contributed by atoms with van der Waals surface area (Å²) in [4.78, 5) is 19.2. The zero-order valence-corrected chi connectivity index (χ0v) is 14.8. The first kappa shape index (κ1) is 17.1. The molecule has 0 bridgehead atoms. The molecule has 0 aliphatic carbocycles. The molecule has 1 fully saturated rings. The number of fused-ring (bicyclic) bond motifs is 1.